The van der Waals surface area contributed by atoms with E-state index >= 15 is 0 Å². The molecule has 4 N–H and O–H groups in total. The second-order valence-electron chi connectivity index (χ2n) is 6.05. The number of carbonyl (C=O) groups is 4. The summed E-state index contributed by atoms with van der Waals surface area (Å²) in [5.74, 6) is -1.69. The van der Waals surface area contributed by atoms with Gasteiger partial charge in [-0.15, -0.1) is 0 Å². The van der Waals surface area contributed by atoms with E-state index in [-0.39, 0.29) is 38.7 Å². The Morgan fingerprint density at radius 1 is 0.742 bits per heavy atom. The molecule has 164 valence electrons. The van der Waals surface area contributed by atoms with Crippen molar-refractivity contribution in [3.05, 3.63) is 59.7 Å². The van der Waals surface area contributed by atoms with Crippen molar-refractivity contribution in [3.63, 3.8) is 0 Å². The van der Waals surface area contributed by atoms with E-state index in [1.807, 2.05) is 0 Å². The highest BCUT2D eigenvalue weighted by molar-refractivity contribution is 6.43. The summed E-state index contributed by atoms with van der Waals surface area (Å²) >= 11 is 0. The largest absolute Gasteiger partial charge is 0.454 e. The van der Waals surface area contributed by atoms with Gasteiger partial charge in [-0.25, -0.2) is 0 Å². The molecule has 2 aromatic carbocycles. The fraction of sp³-hybridized carbons (Fsp3) is 0.238. The molecule has 0 aliphatic carbocycles. The van der Waals surface area contributed by atoms with Gasteiger partial charge in [0.25, 0.3) is 11.8 Å². The van der Waals surface area contributed by atoms with Gasteiger partial charge in [0.1, 0.15) is 0 Å². The first-order valence-corrected chi connectivity index (χ1v) is 9.29. The third-order valence-electron chi connectivity index (χ3n) is 3.88. The standard InChI is InChI=1S/C11H11NO5.C10H11NO3/c13-4-3-12-11(15)10(14)7-1-2-8-9(5-7)17-6-16-8;12-7-6-11-10(14)9(13)8-4-2-1-3-5-8/h1-2,5,13H,3-4,6H2,(H,12,15);1-5,12H,6-7H2,(H,11,14). The molecule has 1 aliphatic heterocycles. The van der Waals surface area contributed by atoms with Gasteiger partial charge in [0.15, 0.2) is 11.5 Å². The van der Waals surface area contributed by atoms with Crippen LogP contribution in [0.3, 0.4) is 0 Å². The average Bonchev–Trinajstić information content (AvgIpc) is 3.29. The minimum atomic E-state index is -0.752. The first kappa shape index (κ1) is 23.5. The fourth-order valence-corrected chi connectivity index (χ4v) is 2.39. The number of Topliss-reactive ketones (excluding diaryl/α,β-unsaturated/α-hetero) is 2. The van der Waals surface area contributed by atoms with Crippen LogP contribution in [-0.2, 0) is 9.59 Å². The van der Waals surface area contributed by atoms with Gasteiger partial charge < -0.3 is 30.3 Å². The lowest BCUT2D eigenvalue weighted by Crippen LogP contribution is -2.33. The van der Waals surface area contributed by atoms with Crippen molar-refractivity contribution in [2.75, 3.05) is 33.1 Å². The number of fused-ring (bicyclic) bond motifs is 1. The molecule has 1 aliphatic rings. The zero-order chi connectivity index (χ0) is 22.6. The molecule has 0 fully saturated rings. The van der Waals surface area contributed by atoms with Crippen LogP contribution in [-0.4, -0.2) is 66.7 Å². The molecule has 1 heterocycles. The predicted octanol–water partition coefficient (Wildman–Crippen LogP) is -0.316. The van der Waals surface area contributed by atoms with Crippen molar-refractivity contribution in [2.24, 2.45) is 0 Å². The molecular formula is C21H22N2O8. The lowest BCUT2D eigenvalue weighted by Gasteiger charge is -2.03. The van der Waals surface area contributed by atoms with Crippen molar-refractivity contribution < 1.29 is 38.9 Å². The third-order valence-corrected chi connectivity index (χ3v) is 3.88. The van der Waals surface area contributed by atoms with Crippen LogP contribution in [0.4, 0.5) is 0 Å². The molecule has 10 heteroatoms. The molecular weight excluding hydrogens is 408 g/mol. The van der Waals surface area contributed by atoms with Crippen LogP contribution in [0.5, 0.6) is 11.5 Å². The van der Waals surface area contributed by atoms with Crippen LogP contribution in [0.25, 0.3) is 0 Å². The Hall–Kier alpha value is -3.76. The van der Waals surface area contributed by atoms with E-state index in [2.05, 4.69) is 10.6 Å². The summed E-state index contributed by atoms with van der Waals surface area (Å²) < 4.78 is 10.2. The second kappa shape index (κ2) is 12.1. The van der Waals surface area contributed by atoms with Gasteiger partial charge in [-0.2, -0.15) is 0 Å². The summed E-state index contributed by atoms with van der Waals surface area (Å²) in [6.07, 6.45) is 0. The quantitative estimate of drug-likeness (QED) is 0.329. The summed E-state index contributed by atoms with van der Waals surface area (Å²) in [4.78, 5) is 45.5. The van der Waals surface area contributed by atoms with Crippen LogP contribution in [0.15, 0.2) is 48.5 Å². The Morgan fingerprint density at radius 3 is 1.87 bits per heavy atom. The maximum Gasteiger partial charge on any atom is 0.292 e. The van der Waals surface area contributed by atoms with Crippen molar-refractivity contribution in [1.82, 2.24) is 10.6 Å². The van der Waals surface area contributed by atoms with Gasteiger partial charge >= 0.3 is 0 Å². The maximum absolute atomic E-state index is 11.7. The molecule has 0 saturated heterocycles. The predicted molar refractivity (Wildman–Crippen MR) is 108 cm³/mol. The van der Waals surface area contributed by atoms with Crippen LogP contribution >= 0.6 is 0 Å². The molecule has 2 amide bonds. The van der Waals surface area contributed by atoms with Crippen molar-refractivity contribution >= 4 is 23.4 Å². The zero-order valence-electron chi connectivity index (χ0n) is 16.5. The summed E-state index contributed by atoms with van der Waals surface area (Å²) in [5.41, 5.74) is 0.577. The normalized spacial score (nSPS) is 11.0. The molecule has 0 unspecified atom stereocenters. The molecule has 0 radical (unpaired) electrons. The fourth-order valence-electron chi connectivity index (χ4n) is 2.39. The number of amides is 2. The Morgan fingerprint density at radius 2 is 1.29 bits per heavy atom. The number of benzene rings is 2. The van der Waals surface area contributed by atoms with E-state index in [4.69, 9.17) is 19.7 Å². The van der Waals surface area contributed by atoms with E-state index in [1.165, 1.54) is 12.1 Å². The number of nitrogens with one attached hydrogen (secondary N) is 2. The molecule has 2 aromatic rings. The second-order valence-corrected chi connectivity index (χ2v) is 6.05. The monoisotopic (exact) mass is 430 g/mol. The Labute approximate surface area is 177 Å². The first-order chi connectivity index (χ1) is 15.0. The van der Waals surface area contributed by atoms with E-state index in [0.717, 1.165) is 0 Å². The Kier molecular flexibility index (Phi) is 9.14. The number of rotatable bonds is 8. The van der Waals surface area contributed by atoms with Crippen LogP contribution < -0.4 is 20.1 Å². The van der Waals surface area contributed by atoms with Crippen molar-refractivity contribution in [3.8, 4) is 11.5 Å². The molecule has 3 rings (SSSR count). The highest BCUT2D eigenvalue weighted by atomic mass is 16.7. The van der Waals surface area contributed by atoms with Gasteiger partial charge in [-0.1, -0.05) is 30.3 Å². The zero-order valence-corrected chi connectivity index (χ0v) is 16.5. The number of aliphatic hydroxyl groups excluding tert-OH is 2. The lowest BCUT2D eigenvalue weighted by atomic mass is 10.1. The van der Waals surface area contributed by atoms with Crippen LogP contribution in [0, 0.1) is 0 Å². The van der Waals surface area contributed by atoms with E-state index in [9.17, 15) is 19.2 Å². The third kappa shape index (κ3) is 6.91. The molecule has 0 spiro atoms. The molecule has 0 atom stereocenters. The topological polar surface area (TPSA) is 151 Å². The number of carbonyl (C=O) groups excluding carboxylic acids is 4. The summed E-state index contributed by atoms with van der Waals surface area (Å²) in [5, 5.41) is 21.6. The summed E-state index contributed by atoms with van der Waals surface area (Å²) in [6.45, 7) is -0.121. The average molecular weight is 430 g/mol. The van der Waals surface area contributed by atoms with Crippen molar-refractivity contribution in [2.45, 2.75) is 0 Å². The van der Waals surface area contributed by atoms with Gasteiger partial charge in [0, 0.05) is 24.2 Å². The van der Waals surface area contributed by atoms with Gasteiger partial charge in [0.05, 0.1) is 13.2 Å². The lowest BCUT2D eigenvalue weighted by molar-refractivity contribution is -0.117. The number of aliphatic hydroxyl groups is 2. The van der Waals surface area contributed by atoms with E-state index in [1.54, 1.807) is 36.4 Å². The van der Waals surface area contributed by atoms with Gasteiger partial charge in [-0.3, -0.25) is 19.2 Å². The summed E-state index contributed by atoms with van der Waals surface area (Å²) in [6, 6.07) is 12.8. The van der Waals surface area contributed by atoms with Crippen LogP contribution in [0.2, 0.25) is 0 Å². The molecule has 0 saturated carbocycles. The first-order valence-electron chi connectivity index (χ1n) is 9.29. The van der Waals surface area contributed by atoms with Gasteiger partial charge in [-0.05, 0) is 18.2 Å². The molecule has 10 nitrogen and oxygen atoms in total. The SMILES string of the molecule is O=C(NCCO)C(=O)c1ccc2c(c1)OCO2.O=C(NCCO)C(=O)c1ccccc1. The molecule has 0 bridgehead atoms. The number of hydrogen-bond donors (Lipinski definition) is 4. The van der Waals surface area contributed by atoms with E-state index < -0.39 is 23.4 Å². The van der Waals surface area contributed by atoms with Crippen LogP contribution in [0.1, 0.15) is 20.7 Å². The van der Waals surface area contributed by atoms with E-state index in [0.29, 0.717) is 17.1 Å². The highest BCUT2D eigenvalue weighted by Gasteiger charge is 2.20. The number of ether oxygens (including phenoxy) is 2. The minimum absolute atomic E-state index is 0.0507. The number of ketones is 2. The maximum atomic E-state index is 11.7. The smallest absolute Gasteiger partial charge is 0.292 e. The number of hydrogen-bond acceptors (Lipinski definition) is 8. The van der Waals surface area contributed by atoms with Gasteiger partial charge in [0.2, 0.25) is 18.4 Å². The molecule has 31 heavy (non-hydrogen) atoms. The Bertz CT molecular complexity index is 930. The minimum Gasteiger partial charge on any atom is -0.454 e. The highest BCUT2D eigenvalue weighted by Crippen LogP contribution is 2.32. The summed E-state index contributed by atoms with van der Waals surface area (Å²) in [7, 11) is 0. The van der Waals surface area contributed by atoms with Crippen molar-refractivity contribution in [1.29, 1.82) is 0 Å². The Balaban J connectivity index is 0.000000225. The molecule has 0 aromatic heterocycles.